The van der Waals surface area contributed by atoms with Crippen LogP contribution in [0, 0.1) is 17.2 Å². The fourth-order valence-electron chi connectivity index (χ4n) is 3.82. The highest BCUT2D eigenvalue weighted by Gasteiger charge is 2.25. The first-order valence-electron chi connectivity index (χ1n) is 10.3. The second-order valence-electron chi connectivity index (χ2n) is 8.21. The number of nitrogens with one attached hydrogen (secondary N) is 1. The van der Waals surface area contributed by atoms with E-state index in [-0.39, 0.29) is 30.0 Å². The number of hydrogen-bond acceptors (Lipinski definition) is 3. The monoisotopic (exact) mass is 390 g/mol. The average Bonchev–Trinajstić information content (AvgIpc) is 3.48. The molecule has 4 rings (SSSR count). The van der Waals surface area contributed by atoms with Crippen LogP contribution in [0.15, 0.2) is 36.0 Å². The van der Waals surface area contributed by atoms with E-state index >= 15 is 0 Å². The number of nitrogens with zero attached hydrogens (tertiary/aromatic N) is 3. The molecule has 6 nitrogen and oxygen atoms in total. The van der Waals surface area contributed by atoms with Crippen molar-refractivity contribution in [1.29, 1.82) is 5.26 Å². The average molecular weight is 390 g/mol. The SMILES string of the molecule is CC1CCN(C(=O)Cn2cc(C=C(C#N)C(=O)NC3CC3)c3ccccc32)CC1. The van der Waals surface area contributed by atoms with Gasteiger partial charge in [0.05, 0.1) is 0 Å². The van der Waals surface area contributed by atoms with Crippen LogP contribution < -0.4 is 5.32 Å². The van der Waals surface area contributed by atoms with Gasteiger partial charge in [0.2, 0.25) is 5.91 Å². The van der Waals surface area contributed by atoms with E-state index in [1.54, 1.807) is 6.08 Å². The van der Waals surface area contributed by atoms with Crippen molar-refractivity contribution in [3.05, 3.63) is 41.6 Å². The second kappa shape index (κ2) is 8.12. The Morgan fingerprint density at radius 3 is 2.62 bits per heavy atom. The Bertz CT molecular complexity index is 1000. The Labute approximate surface area is 170 Å². The zero-order valence-electron chi connectivity index (χ0n) is 16.7. The van der Waals surface area contributed by atoms with Gasteiger partial charge in [-0.25, -0.2) is 0 Å². The minimum Gasteiger partial charge on any atom is -0.349 e. The molecule has 0 radical (unpaired) electrons. The summed E-state index contributed by atoms with van der Waals surface area (Å²) in [7, 11) is 0. The van der Waals surface area contributed by atoms with Gasteiger partial charge >= 0.3 is 0 Å². The Morgan fingerprint density at radius 2 is 1.93 bits per heavy atom. The van der Waals surface area contributed by atoms with Crippen LogP contribution in [0.4, 0.5) is 0 Å². The number of benzene rings is 1. The van der Waals surface area contributed by atoms with Gasteiger partial charge in [-0.2, -0.15) is 5.26 Å². The molecule has 29 heavy (non-hydrogen) atoms. The van der Waals surface area contributed by atoms with Crippen LogP contribution >= 0.6 is 0 Å². The van der Waals surface area contributed by atoms with E-state index in [2.05, 4.69) is 12.2 Å². The number of hydrogen-bond donors (Lipinski definition) is 1. The second-order valence-corrected chi connectivity index (χ2v) is 8.21. The van der Waals surface area contributed by atoms with Gasteiger partial charge in [0.25, 0.3) is 5.91 Å². The maximum Gasteiger partial charge on any atom is 0.262 e. The third kappa shape index (κ3) is 4.34. The summed E-state index contributed by atoms with van der Waals surface area (Å²) >= 11 is 0. The summed E-state index contributed by atoms with van der Waals surface area (Å²) in [6.07, 6.45) is 7.55. The number of aromatic nitrogens is 1. The number of carbonyl (C=O) groups is 2. The number of fused-ring (bicyclic) bond motifs is 1. The van der Waals surface area contributed by atoms with E-state index in [1.165, 1.54) is 0 Å². The Kier molecular flexibility index (Phi) is 5.39. The lowest BCUT2D eigenvalue weighted by Crippen LogP contribution is -2.39. The molecule has 2 aliphatic rings. The van der Waals surface area contributed by atoms with Crippen molar-refractivity contribution in [3.63, 3.8) is 0 Å². The lowest BCUT2D eigenvalue weighted by molar-refractivity contribution is -0.133. The van der Waals surface area contributed by atoms with Crippen LogP contribution in [-0.4, -0.2) is 40.4 Å². The molecule has 2 fully saturated rings. The molecule has 2 heterocycles. The maximum absolute atomic E-state index is 12.8. The van der Waals surface area contributed by atoms with Gasteiger partial charge in [-0.1, -0.05) is 25.1 Å². The molecule has 1 aliphatic carbocycles. The molecule has 0 unspecified atom stereocenters. The molecule has 1 aromatic carbocycles. The van der Waals surface area contributed by atoms with Crippen molar-refractivity contribution < 1.29 is 9.59 Å². The normalized spacial score (nSPS) is 17.9. The minimum atomic E-state index is -0.328. The van der Waals surface area contributed by atoms with Gasteiger partial charge in [-0.3, -0.25) is 9.59 Å². The molecule has 1 N–H and O–H groups in total. The smallest absolute Gasteiger partial charge is 0.262 e. The highest BCUT2D eigenvalue weighted by atomic mass is 16.2. The van der Waals surface area contributed by atoms with Gasteiger partial charge in [0, 0.05) is 41.8 Å². The summed E-state index contributed by atoms with van der Waals surface area (Å²) < 4.78 is 1.93. The molecular formula is C23H26N4O2. The Hall–Kier alpha value is -3.07. The first-order valence-corrected chi connectivity index (χ1v) is 10.3. The van der Waals surface area contributed by atoms with Crippen molar-refractivity contribution in [2.24, 2.45) is 5.92 Å². The summed E-state index contributed by atoms with van der Waals surface area (Å²) in [6, 6.07) is 10.0. The topological polar surface area (TPSA) is 78.1 Å². The molecule has 0 spiro atoms. The van der Waals surface area contributed by atoms with E-state index in [0.29, 0.717) is 5.92 Å². The maximum atomic E-state index is 12.8. The summed E-state index contributed by atoms with van der Waals surface area (Å²) in [4.78, 5) is 27.1. The minimum absolute atomic E-state index is 0.0937. The molecule has 6 heteroatoms. The molecule has 1 aliphatic heterocycles. The number of piperidine rings is 1. The fraction of sp³-hybridized carbons (Fsp3) is 0.435. The van der Waals surface area contributed by atoms with Crippen molar-refractivity contribution in [2.75, 3.05) is 13.1 Å². The van der Waals surface area contributed by atoms with Crippen molar-refractivity contribution in [1.82, 2.24) is 14.8 Å². The number of likely N-dealkylation sites (tertiary alicyclic amines) is 1. The van der Waals surface area contributed by atoms with E-state index < -0.39 is 0 Å². The number of rotatable bonds is 5. The zero-order chi connectivity index (χ0) is 20.4. The number of amides is 2. The molecular weight excluding hydrogens is 364 g/mol. The van der Waals surface area contributed by atoms with E-state index in [9.17, 15) is 14.9 Å². The van der Waals surface area contributed by atoms with Gasteiger partial charge in [-0.05, 0) is 43.7 Å². The van der Waals surface area contributed by atoms with Gasteiger partial charge < -0.3 is 14.8 Å². The number of nitriles is 1. The predicted octanol–water partition coefficient (Wildman–Crippen LogP) is 3.09. The molecule has 1 saturated carbocycles. The van der Waals surface area contributed by atoms with Crippen LogP contribution in [0.5, 0.6) is 0 Å². The van der Waals surface area contributed by atoms with Gasteiger partial charge in [0.1, 0.15) is 18.2 Å². The molecule has 0 atom stereocenters. The van der Waals surface area contributed by atoms with Crippen LogP contribution in [0.25, 0.3) is 17.0 Å². The lowest BCUT2D eigenvalue weighted by atomic mass is 9.99. The molecule has 150 valence electrons. The first kappa shape index (κ1) is 19.3. The number of para-hydroxylation sites is 1. The molecule has 2 aromatic rings. The summed E-state index contributed by atoms with van der Waals surface area (Å²) in [6.45, 7) is 4.11. The van der Waals surface area contributed by atoms with Crippen LogP contribution in [0.1, 0.15) is 38.2 Å². The quantitative estimate of drug-likeness (QED) is 0.629. The van der Waals surface area contributed by atoms with E-state index in [0.717, 1.165) is 55.2 Å². The Morgan fingerprint density at radius 1 is 1.21 bits per heavy atom. The Balaban J connectivity index is 1.59. The largest absolute Gasteiger partial charge is 0.349 e. The van der Waals surface area contributed by atoms with E-state index in [1.807, 2.05) is 46.0 Å². The van der Waals surface area contributed by atoms with Crippen molar-refractivity contribution in [3.8, 4) is 6.07 Å². The standard InChI is InChI=1S/C23H26N4O2/c1-16-8-10-26(11-9-16)22(28)15-27-14-18(20-4-2-3-5-21(20)27)12-17(13-24)23(29)25-19-6-7-19/h2-5,12,14,16,19H,6-11,15H2,1H3,(H,25,29). The van der Waals surface area contributed by atoms with Crippen LogP contribution in [0.2, 0.25) is 0 Å². The molecule has 0 bridgehead atoms. The van der Waals surface area contributed by atoms with Crippen LogP contribution in [-0.2, 0) is 16.1 Å². The molecule has 2 amide bonds. The van der Waals surface area contributed by atoms with Crippen LogP contribution in [0.3, 0.4) is 0 Å². The number of carbonyl (C=O) groups excluding carboxylic acids is 2. The van der Waals surface area contributed by atoms with Gasteiger partial charge in [-0.15, -0.1) is 0 Å². The third-order valence-corrected chi connectivity index (χ3v) is 5.84. The molecule has 1 aromatic heterocycles. The highest BCUT2D eigenvalue weighted by Crippen LogP contribution is 2.25. The van der Waals surface area contributed by atoms with Crippen molar-refractivity contribution >= 4 is 28.8 Å². The zero-order valence-corrected chi connectivity index (χ0v) is 16.7. The first-order chi connectivity index (χ1) is 14.0. The van der Waals surface area contributed by atoms with Gasteiger partial charge in [0.15, 0.2) is 0 Å². The molecule has 1 saturated heterocycles. The summed E-state index contributed by atoms with van der Waals surface area (Å²) in [5, 5.41) is 13.3. The summed E-state index contributed by atoms with van der Waals surface area (Å²) in [5.74, 6) is 0.458. The summed E-state index contributed by atoms with van der Waals surface area (Å²) in [5.41, 5.74) is 1.80. The van der Waals surface area contributed by atoms with Crippen molar-refractivity contribution in [2.45, 2.75) is 45.2 Å². The lowest BCUT2D eigenvalue weighted by Gasteiger charge is -2.30. The third-order valence-electron chi connectivity index (χ3n) is 5.84. The fourth-order valence-corrected chi connectivity index (χ4v) is 3.82. The van der Waals surface area contributed by atoms with E-state index in [4.69, 9.17) is 0 Å². The predicted molar refractivity (Wildman–Crippen MR) is 112 cm³/mol. The highest BCUT2D eigenvalue weighted by molar-refractivity contribution is 6.04.